The van der Waals surface area contributed by atoms with Crippen LogP contribution in [-0.2, 0) is 14.8 Å². The molecule has 116 valence electrons. The van der Waals surface area contributed by atoms with Crippen LogP contribution < -0.4 is 0 Å². The third kappa shape index (κ3) is 5.12. The minimum atomic E-state index is -3.72. The quantitative estimate of drug-likeness (QED) is 0.673. The standard InChI is InChI=1S/C14H19NO5S/c1-20-11-8-15(7-10-17)21(18,19)14-6-2-4-13(12-14)5-3-9-16/h2,4,6,12,16-17H,7-11H2,1H3. The van der Waals surface area contributed by atoms with E-state index in [4.69, 9.17) is 14.9 Å². The van der Waals surface area contributed by atoms with Crippen molar-refractivity contribution in [2.75, 3.05) is 40.0 Å². The molecule has 0 saturated carbocycles. The van der Waals surface area contributed by atoms with Gasteiger partial charge in [0.05, 0.1) is 18.1 Å². The Morgan fingerprint density at radius 1 is 1.29 bits per heavy atom. The predicted octanol–water partition coefficient (Wildman–Crippen LogP) is -0.340. The number of aliphatic hydroxyl groups excluding tert-OH is 2. The second-order valence-electron chi connectivity index (χ2n) is 4.11. The van der Waals surface area contributed by atoms with Gasteiger partial charge in [0, 0.05) is 25.8 Å². The van der Waals surface area contributed by atoms with E-state index < -0.39 is 10.0 Å². The first kappa shape index (κ1) is 17.6. The van der Waals surface area contributed by atoms with E-state index in [0.717, 1.165) is 4.31 Å². The summed E-state index contributed by atoms with van der Waals surface area (Å²) in [4.78, 5) is 0.0943. The first-order chi connectivity index (χ1) is 10.1. The monoisotopic (exact) mass is 313 g/mol. The molecule has 0 amide bonds. The summed E-state index contributed by atoms with van der Waals surface area (Å²) in [6.07, 6.45) is 0. The van der Waals surface area contributed by atoms with Gasteiger partial charge < -0.3 is 14.9 Å². The molecule has 1 aromatic carbocycles. The summed E-state index contributed by atoms with van der Waals surface area (Å²) < 4.78 is 31.1. The summed E-state index contributed by atoms with van der Waals surface area (Å²) in [7, 11) is -2.24. The van der Waals surface area contributed by atoms with Crippen molar-refractivity contribution in [3.63, 3.8) is 0 Å². The van der Waals surface area contributed by atoms with E-state index in [1.807, 2.05) is 0 Å². The fourth-order valence-corrected chi connectivity index (χ4v) is 3.14. The van der Waals surface area contributed by atoms with Crippen LogP contribution in [0.5, 0.6) is 0 Å². The minimum Gasteiger partial charge on any atom is -0.395 e. The van der Waals surface area contributed by atoms with Crippen LogP contribution in [0.1, 0.15) is 5.56 Å². The number of ether oxygens (including phenoxy) is 1. The van der Waals surface area contributed by atoms with Crippen LogP contribution in [0.25, 0.3) is 0 Å². The zero-order valence-corrected chi connectivity index (χ0v) is 12.6. The third-order valence-electron chi connectivity index (χ3n) is 2.68. The lowest BCUT2D eigenvalue weighted by molar-refractivity contribution is 0.168. The number of sulfonamides is 1. The number of hydrogen-bond acceptors (Lipinski definition) is 5. The van der Waals surface area contributed by atoms with Crippen molar-refractivity contribution in [1.29, 1.82) is 0 Å². The summed E-state index contributed by atoms with van der Waals surface area (Å²) in [5.74, 6) is 5.13. The van der Waals surface area contributed by atoms with Gasteiger partial charge in [-0.2, -0.15) is 4.31 Å². The van der Waals surface area contributed by atoms with Crippen LogP contribution >= 0.6 is 0 Å². The van der Waals surface area contributed by atoms with E-state index >= 15 is 0 Å². The van der Waals surface area contributed by atoms with E-state index in [1.165, 1.54) is 19.2 Å². The average Bonchev–Trinajstić information content (AvgIpc) is 2.49. The first-order valence-corrected chi connectivity index (χ1v) is 7.80. The summed E-state index contributed by atoms with van der Waals surface area (Å²) in [5, 5.41) is 17.7. The Hall–Kier alpha value is -1.43. The number of nitrogens with zero attached hydrogens (tertiary/aromatic N) is 1. The topological polar surface area (TPSA) is 87.1 Å². The van der Waals surface area contributed by atoms with Crippen molar-refractivity contribution >= 4 is 10.0 Å². The maximum absolute atomic E-state index is 12.5. The summed E-state index contributed by atoms with van der Waals surface area (Å²) in [6, 6.07) is 6.15. The summed E-state index contributed by atoms with van der Waals surface area (Å²) >= 11 is 0. The Morgan fingerprint density at radius 2 is 2.05 bits per heavy atom. The highest BCUT2D eigenvalue weighted by Crippen LogP contribution is 2.16. The molecule has 0 aliphatic carbocycles. The molecular formula is C14H19NO5S. The second-order valence-corrected chi connectivity index (χ2v) is 6.05. The number of rotatable bonds is 7. The van der Waals surface area contributed by atoms with Crippen LogP contribution in [0.4, 0.5) is 0 Å². The Balaban J connectivity index is 3.09. The molecule has 0 saturated heterocycles. The van der Waals surface area contributed by atoms with Crippen molar-refractivity contribution in [1.82, 2.24) is 4.31 Å². The van der Waals surface area contributed by atoms with Crippen LogP contribution in [0.3, 0.4) is 0 Å². The molecule has 0 unspecified atom stereocenters. The molecule has 1 aromatic rings. The Kier molecular flexibility index (Phi) is 7.36. The molecule has 1 rings (SSSR count). The molecule has 0 atom stereocenters. The van der Waals surface area contributed by atoms with Gasteiger partial charge in [-0.15, -0.1) is 0 Å². The average molecular weight is 313 g/mol. The fourth-order valence-electron chi connectivity index (χ4n) is 1.68. The molecule has 0 fully saturated rings. The molecule has 0 aliphatic heterocycles. The number of methoxy groups -OCH3 is 1. The van der Waals surface area contributed by atoms with E-state index in [-0.39, 0.29) is 37.8 Å². The van der Waals surface area contributed by atoms with Crippen LogP contribution in [-0.4, -0.2) is 63.0 Å². The smallest absolute Gasteiger partial charge is 0.243 e. The molecule has 0 aliphatic rings. The second kappa shape index (κ2) is 8.77. The molecule has 6 nitrogen and oxygen atoms in total. The van der Waals surface area contributed by atoms with Gasteiger partial charge in [-0.25, -0.2) is 8.42 Å². The van der Waals surface area contributed by atoms with Gasteiger partial charge in [-0.05, 0) is 18.2 Å². The Bertz CT molecular complexity index is 603. The predicted molar refractivity (Wildman–Crippen MR) is 78.1 cm³/mol. The molecule has 21 heavy (non-hydrogen) atoms. The minimum absolute atomic E-state index is 0.00175. The van der Waals surface area contributed by atoms with Gasteiger partial charge >= 0.3 is 0 Å². The largest absolute Gasteiger partial charge is 0.395 e. The van der Waals surface area contributed by atoms with Crippen LogP contribution in [0, 0.1) is 11.8 Å². The van der Waals surface area contributed by atoms with Crippen molar-refractivity contribution in [3.05, 3.63) is 29.8 Å². The summed E-state index contributed by atoms with van der Waals surface area (Å²) in [6.45, 7) is -0.165. The van der Waals surface area contributed by atoms with Gasteiger partial charge in [-0.1, -0.05) is 17.9 Å². The molecule has 0 spiro atoms. The normalized spacial score (nSPS) is 11.2. The number of benzene rings is 1. The summed E-state index contributed by atoms with van der Waals surface area (Å²) in [5.41, 5.74) is 0.501. The van der Waals surface area contributed by atoms with Crippen LogP contribution in [0.2, 0.25) is 0 Å². The van der Waals surface area contributed by atoms with Gasteiger partial charge in [0.25, 0.3) is 0 Å². The SMILES string of the molecule is COCCN(CCO)S(=O)(=O)c1cccc(C#CCO)c1. The molecule has 0 heterocycles. The lowest BCUT2D eigenvalue weighted by Crippen LogP contribution is -2.36. The highest BCUT2D eigenvalue weighted by atomic mass is 32.2. The molecule has 2 N–H and O–H groups in total. The Labute approximate surface area is 125 Å². The fraction of sp³-hybridized carbons (Fsp3) is 0.429. The van der Waals surface area contributed by atoms with Gasteiger partial charge in [0.15, 0.2) is 0 Å². The molecule has 7 heteroatoms. The van der Waals surface area contributed by atoms with Crippen molar-refractivity contribution in [3.8, 4) is 11.8 Å². The molecule has 0 radical (unpaired) electrons. The van der Waals surface area contributed by atoms with Crippen molar-refractivity contribution in [2.45, 2.75) is 4.90 Å². The van der Waals surface area contributed by atoms with Gasteiger partial charge in [-0.3, -0.25) is 0 Å². The zero-order valence-electron chi connectivity index (χ0n) is 11.8. The van der Waals surface area contributed by atoms with E-state index in [9.17, 15) is 8.42 Å². The van der Waals surface area contributed by atoms with E-state index in [2.05, 4.69) is 11.8 Å². The maximum Gasteiger partial charge on any atom is 0.243 e. The van der Waals surface area contributed by atoms with Gasteiger partial charge in [0.1, 0.15) is 6.61 Å². The first-order valence-electron chi connectivity index (χ1n) is 6.36. The highest BCUT2D eigenvalue weighted by Gasteiger charge is 2.23. The maximum atomic E-state index is 12.5. The number of aliphatic hydroxyl groups is 2. The molecule has 0 aromatic heterocycles. The third-order valence-corrected chi connectivity index (χ3v) is 4.57. The zero-order chi connectivity index (χ0) is 15.7. The van der Waals surface area contributed by atoms with Crippen molar-refractivity contribution in [2.24, 2.45) is 0 Å². The molecular weight excluding hydrogens is 294 g/mol. The van der Waals surface area contributed by atoms with Crippen LogP contribution in [0.15, 0.2) is 29.2 Å². The Morgan fingerprint density at radius 3 is 2.67 bits per heavy atom. The van der Waals surface area contributed by atoms with E-state index in [0.29, 0.717) is 5.56 Å². The van der Waals surface area contributed by atoms with Crippen molar-refractivity contribution < 1.29 is 23.4 Å². The number of hydrogen-bond donors (Lipinski definition) is 2. The highest BCUT2D eigenvalue weighted by molar-refractivity contribution is 7.89. The van der Waals surface area contributed by atoms with Gasteiger partial charge in [0.2, 0.25) is 10.0 Å². The lowest BCUT2D eigenvalue weighted by atomic mass is 10.2. The lowest BCUT2D eigenvalue weighted by Gasteiger charge is -2.21. The van der Waals surface area contributed by atoms with E-state index in [1.54, 1.807) is 12.1 Å². The molecule has 0 bridgehead atoms.